The Morgan fingerprint density at radius 2 is 2.21 bits per heavy atom. The number of rotatable bonds is 6. The molecule has 3 aromatic heterocycles. The molecule has 3 aromatic rings. The monoisotopic (exact) mass is 327 g/mol. The molecule has 0 radical (unpaired) electrons. The van der Waals surface area contributed by atoms with Crippen molar-refractivity contribution in [3.05, 3.63) is 70.7 Å². The number of carbonyl (C=O) groups excluding carboxylic acids is 1. The van der Waals surface area contributed by atoms with Crippen LogP contribution in [0.2, 0.25) is 0 Å². The van der Waals surface area contributed by atoms with E-state index in [1.165, 1.54) is 15.5 Å². The molecule has 0 unspecified atom stereocenters. The van der Waals surface area contributed by atoms with E-state index in [-0.39, 0.29) is 12.1 Å². The van der Waals surface area contributed by atoms with Gasteiger partial charge >= 0.3 is 0 Å². The van der Waals surface area contributed by atoms with Crippen LogP contribution >= 0.6 is 0 Å². The predicted molar refractivity (Wildman–Crippen MR) is 86.8 cm³/mol. The molecule has 0 aliphatic rings. The highest BCUT2D eigenvalue weighted by Crippen LogP contribution is 2.09. The number of hydrogen-bond donors (Lipinski definition) is 0. The fraction of sp³-hybridized carbons (Fsp3) is 0.235. The van der Waals surface area contributed by atoms with Gasteiger partial charge in [0.2, 0.25) is 0 Å². The molecule has 0 aromatic carbocycles. The Hall–Kier alpha value is -2.93. The van der Waals surface area contributed by atoms with Crippen LogP contribution in [-0.2, 0) is 11.3 Å². The minimum Gasteiger partial charge on any atom is -0.467 e. The second-order valence-corrected chi connectivity index (χ2v) is 5.20. The molecular weight excluding hydrogens is 310 g/mol. The van der Waals surface area contributed by atoms with Crippen molar-refractivity contribution in [3.63, 3.8) is 0 Å². The van der Waals surface area contributed by atoms with E-state index in [9.17, 15) is 9.59 Å². The summed E-state index contributed by atoms with van der Waals surface area (Å²) in [7, 11) is 1.56. The first kappa shape index (κ1) is 15.9. The van der Waals surface area contributed by atoms with E-state index < -0.39 is 11.5 Å². The van der Waals surface area contributed by atoms with Crippen molar-refractivity contribution in [2.75, 3.05) is 20.3 Å². The standard InChI is InChI=1S/C17H17N3O4/c1-23-10-8-19(12-13-5-4-9-24-13)16(21)14-11-18-15-6-2-3-7-20(15)17(14)22/h2-7,9,11H,8,10,12H2,1H3. The Morgan fingerprint density at radius 1 is 1.33 bits per heavy atom. The lowest BCUT2D eigenvalue weighted by molar-refractivity contribution is 0.0664. The summed E-state index contributed by atoms with van der Waals surface area (Å²) in [6.45, 7) is 0.952. The van der Waals surface area contributed by atoms with Crippen LogP contribution in [-0.4, -0.2) is 40.5 Å². The van der Waals surface area contributed by atoms with Gasteiger partial charge in [0.05, 0.1) is 19.4 Å². The number of nitrogens with zero attached hydrogens (tertiary/aromatic N) is 3. The maximum Gasteiger partial charge on any atom is 0.270 e. The van der Waals surface area contributed by atoms with Gasteiger partial charge in [-0.1, -0.05) is 6.07 Å². The fourth-order valence-electron chi connectivity index (χ4n) is 2.39. The zero-order valence-electron chi connectivity index (χ0n) is 13.2. The van der Waals surface area contributed by atoms with Gasteiger partial charge in [-0.05, 0) is 24.3 Å². The average Bonchev–Trinajstić information content (AvgIpc) is 3.12. The second-order valence-electron chi connectivity index (χ2n) is 5.20. The number of hydrogen-bond acceptors (Lipinski definition) is 5. The van der Waals surface area contributed by atoms with Crippen LogP contribution in [0.1, 0.15) is 16.1 Å². The molecule has 0 bridgehead atoms. The van der Waals surface area contributed by atoms with E-state index in [0.717, 1.165) is 0 Å². The maximum absolute atomic E-state index is 12.8. The van der Waals surface area contributed by atoms with E-state index in [2.05, 4.69) is 4.98 Å². The van der Waals surface area contributed by atoms with Crippen molar-refractivity contribution in [2.24, 2.45) is 0 Å². The molecule has 3 heterocycles. The van der Waals surface area contributed by atoms with E-state index >= 15 is 0 Å². The Morgan fingerprint density at radius 3 is 2.96 bits per heavy atom. The number of amides is 1. The highest BCUT2D eigenvalue weighted by Gasteiger charge is 2.21. The van der Waals surface area contributed by atoms with Crippen LogP contribution in [0.4, 0.5) is 0 Å². The third-order valence-electron chi connectivity index (χ3n) is 3.62. The fourth-order valence-corrected chi connectivity index (χ4v) is 2.39. The van der Waals surface area contributed by atoms with Gasteiger partial charge < -0.3 is 14.1 Å². The molecule has 0 aliphatic heterocycles. The number of furan rings is 1. The summed E-state index contributed by atoms with van der Waals surface area (Å²) in [5.41, 5.74) is 0.113. The SMILES string of the molecule is COCCN(Cc1ccco1)C(=O)c1cnc2ccccn2c1=O. The zero-order valence-corrected chi connectivity index (χ0v) is 13.2. The molecule has 0 saturated heterocycles. The molecule has 0 aliphatic carbocycles. The van der Waals surface area contributed by atoms with E-state index in [4.69, 9.17) is 9.15 Å². The molecule has 7 nitrogen and oxygen atoms in total. The van der Waals surface area contributed by atoms with Gasteiger partial charge in [-0.2, -0.15) is 0 Å². The van der Waals surface area contributed by atoms with Gasteiger partial charge in [-0.3, -0.25) is 14.0 Å². The van der Waals surface area contributed by atoms with E-state index in [1.54, 1.807) is 49.9 Å². The van der Waals surface area contributed by atoms with Crippen molar-refractivity contribution < 1.29 is 13.9 Å². The van der Waals surface area contributed by atoms with Crippen LogP contribution < -0.4 is 5.56 Å². The molecular formula is C17H17N3O4. The van der Waals surface area contributed by atoms with Crippen molar-refractivity contribution in [2.45, 2.75) is 6.54 Å². The summed E-state index contributed by atoms with van der Waals surface area (Å²) in [4.78, 5) is 31.1. The Balaban J connectivity index is 1.94. The minimum atomic E-state index is -0.404. The Bertz CT molecular complexity index is 886. The lowest BCUT2D eigenvalue weighted by atomic mass is 10.2. The third kappa shape index (κ3) is 3.21. The molecule has 3 rings (SSSR count). The Labute approximate surface area is 138 Å². The lowest BCUT2D eigenvalue weighted by Crippen LogP contribution is -2.37. The molecule has 0 atom stereocenters. The van der Waals surface area contributed by atoms with Gasteiger partial charge in [-0.15, -0.1) is 0 Å². The zero-order chi connectivity index (χ0) is 16.9. The number of ether oxygens (including phenoxy) is 1. The van der Waals surface area contributed by atoms with Crippen LogP contribution in [0.5, 0.6) is 0 Å². The Kier molecular flexibility index (Phi) is 4.72. The van der Waals surface area contributed by atoms with Crippen molar-refractivity contribution in [1.29, 1.82) is 0 Å². The van der Waals surface area contributed by atoms with E-state index in [0.29, 0.717) is 24.6 Å². The summed E-state index contributed by atoms with van der Waals surface area (Å²) < 4.78 is 11.7. The number of fused-ring (bicyclic) bond motifs is 1. The molecule has 1 amide bonds. The quantitative estimate of drug-likeness (QED) is 0.687. The number of carbonyl (C=O) groups is 1. The predicted octanol–water partition coefficient (Wildman–Crippen LogP) is 1.58. The van der Waals surface area contributed by atoms with Crippen molar-refractivity contribution in [1.82, 2.24) is 14.3 Å². The van der Waals surface area contributed by atoms with Gasteiger partial charge in [0, 0.05) is 26.0 Å². The summed E-state index contributed by atoms with van der Waals surface area (Å²) >= 11 is 0. The first-order valence-corrected chi connectivity index (χ1v) is 7.47. The van der Waals surface area contributed by atoms with Gasteiger partial charge in [-0.25, -0.2) is 4.98 Å². The van der Waals surface area contributed by atoms with Crippen LogP contribution in [0.15, 0.2) is 58.2 Å². The number of aromatic nitrogens is 2. The van der Waals surface area contributed by atoms with Crippen LogP contribution in [0.25, 0.3) is 5.65 Å². The van der Waals surface area contributed by atoms with Gasteiger partial charge in [0.25, 0.3) is 11.5 Å². The minimum absolute atomic E-state index is 0.0151. The van der Waals surface area contributed by atoms with Crippen molar-refractivity contribution >= 4 is 11.6 Å². The third-order valence-corrected chi connectivity index (χ3v) is 3.62. The van der Waals surface area contributed by atoms with Crippen LogP contribution in [0, 0.1) is 0 Å². The molecule has 0 spiro atoms. The molecule has 24 heavy (non-hydrogen) atoms. The average molecular weight is 327 g/mol. The highest BCUT2D eigenvalue weighted by atomic mass is 16.5. The first-order chi connectivity index (χ1) is 11.7. The number of pyridine rings is 1. The molecule has 0 saturated carbocycles. The van der Waals surface area contributed by atoms with Gasteiger partial charge in [0.1, 0.15) is 17.0 Å². The van der Waals surface area contributed by atoms with Crippen molar-refractivity contribution in [3.8, 4) is 0 Å². The smallest absolute Gasteiger partial charge is 0.270 e. The largest absolute Gasteiger partial charge is 0.467 e. The molecule has 0 N–H and O–H groups in total. The topological polar surface area (TPSA) is 77.1 Å². The highest BCUT2D eigenvalue weighted by molar-refractivity contribution is 5.93. The molecule has 7 heteroatoms. The number of methoxy groups -OCH3 is 1. The maximum atomic E-state index is 12.8. The van der Waals surface area contributed by atoms with E-state index in [1.807, 2.05) is 0 Å². The first-order valence-electron chi connectivity index (χ1n) is 7.47. The van der Waals surface area contributed by atoms with Crippen LogP contribution in [0.3, 0.4) is 0 Å². The summed E-state index contributed by atoms with van der Waals surface area (Å²) in [5.74, 6) is 0.229. The lowest BCUT2D eigenvalue weighted by Gasteiger charge is -2.21. The molecule has 124 valence electrons. The second kappa shape index (κ2) is 7.10. The molecule has 0 fully saturated rings. The summed E-state index contributed by atoms with van der Waals surface area (Å²) in [5, 5.41) is 0. The summed E-state index contributed by atoms with van der Waals surface area (Å²) in [6, 6.07) is 8.74. The summed E-state index contributed by atoms with van der Waals surface area (Å²) in [6.07, 6.45) is 4.45. The normalized spacial score (nSPS) is 10.9. The van der Waals surface area contributed by atoms with Gasteiger partial charge in [0.15, 0.2) is 0 Å².